The second-order valence-corrected chi connectivity index (χ2v) is 13.7. The van der Waals surface area contributed by atoms with Crippen LogP contribution in [0.1, 0.15) is 0 Å². The van der Waals surface area contributed by atoms with Gasteiger partial charge in [0.05, 0.1) is 45.5 Å². The summed E-state index contributed by atoms with van der Waals surface area (Å²) in [4.78, 5) is 18.8. The van der Waals surface area contributed by atoms with Gasteiger partial charge in [0, 0.05) is 42.7 Å². The second-order valence-electron chi connectivity index (χ2n) is 13.7. The number of nitrogens with zero attached hydrogens (tertiary/aromatic N) is 6. The topological polar surface area (TPSA) is 65.0 Å². The molecular weight excluding hydrogens is 669 g/mol. The Morgan fingerprint density at radius 3 is 1.02 bits per heavy atom. The van der Waals surface area contributed by atoms with Crippen LogP contribution in [0, 0.1) is 0 Å². The molecular formula is C46H32N6O2. The van der Waals surface area contributed by atoms with E-state index >= 15 is 0 Å². The van der Waals surface area contributed by atoms with Gasteiger partial charge < -0.3 is 28.4 Å². The molecule has 0 N–H and O–H groups in total. The van der Waals surface area contributed by atoms with Crippen molar-refractivity contribution >= 4 is 79.1 Å². The molecule has 0 saturated heterocycles. The summed E-state index contributed by atoms with van der Waals surface area (Å²) in [6.45, 7) is 0. The Bertz CT molecular complexity index is 2550. The fourth-order valence-electron chi connectivity index (χ4n) is 7.93. The van der Waals surface area contributed by atoms with Gasteiger partial charge in [0.15, 0.2) is 11.2 Å². The van der Waals surface area contributed by atoms with Crippen LogP contribution in [0.15, 0.2) is 167 Å². The molecule has 9 aromatic rings. The van der Waals surface area contributed by atoms with Crippen LogP contribution >= 0.6 is 0 Å². The molecule has 0 spiro atoms. The van der Waals surface area contributed by atoms with Crippen molar-refractivity contribution in [2.45, 2.75) is 0 Å². The van der Waals surface area contributed by atoms with Crippen molar-refractivity contribution in [3.8, 4) is 22.9 Å². The molecule has 2 aliphatic rings. The second kappa shape index (κ2) is 11.6. The SMILES string of the molecule is CN1c2ccccc2N(c2ccc(-c3nc4cc5nc(-c6ccc(N7c8ccccc8N(C)c8ccccc87)cc6)oc5cc4o3)cc2)c2ccccc21. The van der Waals surface area contributed by atoms with Crippen molar-refractivity contribution in [3.63, 3.8) is 0 Å². The molecule has 4 heterocycles. The van der Waals surface area contributed by atoms with Crippen molar-refractivity contribution in [2.24, 2.45) is 0 Å². The Morgan fingerprint density at radius 2 is 0.685 bits per heavy atom. The van der Waals surface area contributed by atoms with E-state index in [4.69, 9.17) is 18.8 Å². The van der Waals surface area contributed by atoms with E-state index in [2.05, 4.69) is 179 Å². The Labute approximate surface area is 311 Å². The molecule has 2 aliphatic heterocycles. The highest BCUT2D eigenvalue weighted by atomic mass is 16.4. The van der Waals surface area contributed by atoms with E-state index in [1.807, 2.05) is 12.1 Å². The smallest absolute Gasteiger partial charge is 0.227 e. The van der Waals surface area contributed by atoms with E-state index in [1.54, 1.807) is 0 Å². The number of aromatic nitrogens is 2. The van der Waals surface area contributed by atoms with Gasteiger partial charge in [0.1, 0.15) is 11.0 Å². The summed E-state index contributed by atoms with van der Waals surface area (Å²) in [5.41, 5.74) is 15.8. The fourth-order valence-corrected chi connectivity index (χ4v) is 7.93. The molecule has 0 atom stereocenters. The standard InChI is InChI=1S/C46H32N6O2/c1-49-35-11-3-7-15-39(35)51(40-16-8-4-12-36(40)49)31-23-19-29(20-24-31)45-47-33-27-34-44(28-43(33)53-45)54-46(48-34)30-21-25-32(26-22-30)52-41-17-9-5-13-37(41)50(2)38-14-6-10-18-42(38)52/h3-28H,1-2H3. The first kappa shape index (κ1) is 30.3. The normalized spacial score (nSPS) is 13.2. The third kappa shape index (κ3) is 4.56. The minimum atomic E-state index is 0.547. The van der Waals surface area contributed by atoms with Gasteiger partial charge in [-0.05, 0) is 103 Å². The van der Waals surface area contributed by atoms with Gasteiger partial charge >= 0.3 is 0 Å². The zero-order valence-electron chi connectivity index (χ0n) is 29.5. The Hall–Kier alpha value is -7.32. The molecule has 0 fully saturated rings. The molecule has 11 rings (SSSR count). The van der Waals surface area contributed by atoms with Gasteiger partial charge in [-0.2, -0.15) is 0 Å². The van der Waals surface area contributed by atoms with Crippen LogP contribution < -0.4 is 19.6 Å². The summed E-state index contributed by atoms with van der Waals surface area (Å²) in [7, 11) is 4.23. The maximum Gasteiger partial charge on any atom is 0.227 e. The predicted octanol–water partition coefficient (Wildman–Crippen LogP) is 12.4. The summed E-state index contributed by atoms with van der Waals surface area (Å²) in [5.74, 6) is 1.09. The number of benzene rings is 7. The van der Waals surface area contributed by atoms with E-state index in [0.29, 0.717) is 22.9 Å². The van der Waals surface area contributed by atoms with Crippen LogP contribution in [0.2, 0.25) is 0 Å². The number of oxazole rings is 2. The molecule has 0 saturated carbocycles. The van der Waals surface area contributed by atoms with E-state index in [-0.39, 0.29) is 0 Å². The molecule has 0 bridgehead atoms. The summed E-state index contributed by atoms with van der Waals surface area (Å²) in [6.07, 6.45) is 0. The monoisotopic (exact) mass is 700 g/mol. The molecule has 8 heteroatoms. The summed E-state index contributed by atoms with van der Waals surface area (Å²) >= 11 is 0. The van der Waals surface area contributed by atoms with Crippen molar-refractivity contribution < 1.29 is 8.83 Å². The minimum absolute atomic E-state index is 0.547. The number of hydrogen-bond donors (Lipinski definition) is 0. The van der Waals surface area contributed by atoms with E-state index in [9.17, 15) is 0 Å². The third-order valence-corrected chi connectivity index (χ3v) is 10.6. The average Bonchev–Trinajstić information content (AvgIpc) is 3.84. The largest absolute Gasteiger partial charge is 0.436 e. The number of rotatable bonds is 4. The molecule has 258 valence electrons. The number of hydrogen-bond acceptors (Lipinski definition) is 8. The molecule has 0 amide bonds. The van der Waals surface area contributed by atoms with Crippen LogP contribution in [-0.2, 0) is 0 Å². The van der Waals surface area contributed by atoms with E-state index in [0.717, 1.165) is 79.0 Å². The predicted molar refractivity (Wildman–Crippen MR) is 218 cm³/mol. The van der Waals surface area contributed by atoms with Crippen LogP contribution in [0.25, 0.3) is 45.1 Å². The summed E-state index contributed by atoms with van der Waals surface area (Å²) < 4.78 is 12.6. The zero-order valence-corrected chi connectivity index (χ0v) is 29.5. The Kier molecular flexibility index (Phi) is 6.51. The maximum atomic E-state index is 6.31. The molecule has 0 unspecified atom stereocenters. The quantitative estimate of drug-likeness (QED) is 0.180. The average molecular weight is 701 g/mol. The lowest BCUT2D eigenvalue weighted by Gasteiger charge is -2.38. The lowest BCUT2D eigenvalue weighted by atomic mass is 10.1. The molecule has 54 heavy (non-hydrogen) atoms. The van der Waals surface area contributed by atoms with Gasteiger partial charge in [0.25, 0.3) is 0 Å². The molecule has 8 nitrogen and oxygen atoms in total. The Morgan fingerprint density at radius 1 is 0.370 bits per heavy atom. The highest BCUT2D eigenvalue weighted by Gasteiger charge is 2.28. The fraction of sp³-hybridized carbons (Fsp3) is 0.0435. The minimum Gasteiger partial charge on any atom is -0.436 e. The van der Waals surface area contributed by atoms with Crippen LogP contribution in [0.5, 0.6) is 0 Å². The highest BCUT2D eigenvalue weighted by molar-refractivity contribution is 5.99. The first-order chi connectivity index (χ1) is 26.6. The van der Waals surface area contributed by atoms with Crippen LogP contribution in [-0.4, -0.2) is 24.1 Å². The van der Waals surface area contributed by atoms with Gasteiger partial charge in [-0.3, -0.25) is 0 Å². The van der Waals surface area contributed by atoms with Crippen LogP contribution in [0.4, 0.5) is 56.9 Å². The van der Waals surface area contributed by atoms with Crippen LogP contribution in [0.3, 0.4) is 0 Å². The summed E-state index contributed by atoms with van der Waals surface area (Å²) in [5, 5.41) is 0. The molecule has 7 aromatic carbocycles. The van der Waals surface area contributed by atoms with E-state index < -0.39 is 0 Å². The van der Waals surface area contributed by atoms with Crippen molar-refractivity contribution in [1.29, 1.82) is 0 Å². The van der Waals surface area contributed by atoms with Crippen molar-refractivity contribution in [3.05, 3.63) is 158 Å². The van der Waals surface area contributed by atoms with Gasteiger partial charge in [-0.25, -0.2) is 9.97 Å². The van der Waals surface area contributed by atoms with Gasteiger partial charge in [-0.1, -0.05) is 48.5 Å². The number of para-hydroxylation sites is 8. The zero-order chi connectivity index (χ0) is 35.9. The lowest BCUT2D eigenvalue weighted by Crippen LogP contribution is -2.23. The first-order valence-corrected chi connectivity index (χ1v) is 17.9. The van der Waals surface area contributed by atoms with Crippen molar-refractivity contribution in [1.82, 2.24) is 9.97 Å². The van der Waals surface area contributed by atoms with E-state index in [1.165, 1.54) is 0 Å². The number of anilines is 10. The molecule has 0 aliphatic carbocycles. The maximum absolute atomic E-state index is 6.31. The lowest BCUT2D eigenvalue weighted by molar-refractivity contribution is 0.609. The third-order valence-electron chi connectivity index (χ3n) is 10.6. The molecule has 0 radical (unpaired) electrons. The van der Waals surface area contributed by atoms with Gasteiger partial charge in [-0.15, -0.1) is 0 Å². The number of fused-ring (bicyclic) bond motifs is 6. The van der Waals surface area contributed by atoms with Gasteiger partial charge in [0.2, 0.25) is 11.8 Å². The molecule has 2 aromatic heterocycles. The first-order valence-electron chi connectivity index (χ1n) is 17.9. The van der Waals surface area contributed by atoms with Crippen molar-refractivity contribution in [2.75, 3.05) is 33.7 Å². The Balaban J connectivity index is 0.886. The summed E-state index contributed by atoms with van der Waals surface area (Å²) in [6, 6.07) is 54.5. The highest BCUT2D eigenvalue weighted by Crippen LogP contribution is 2.52.